The van der Waals surface area contributed by atoms with Crippen LogP contribution in [-0.4, -0.2) is 60.4 Å². The molecule has 3 rings (SSSR count). The number of hydrogen-bond acceptors (Lipinski definition) is 5. The van der Waals surface area contributed by atoms with Crippen LogP contribution in [0.15, 0.2) is 35.7 Å². The second-order valence-corrected chi connectivity index (χ2v) is 7.21. The zero-order chi connectivity index (χ0) is 19.4. The quantitative estimate of drug-likeness (QED) is 0.727. The maximum Gasteiger partial charge on any atom is 0.340 e. The lowest BCUT2D eigenvalue weighted by Crippen LogP contribution is -2.51. The first-order chi connectivity index (χ1) is 13.0. The Morgan fingerprint density at radius 2 is 1.81 bits per heavy atom. The molecule has 9 heteroatoms. The van der Waals surface area contributed by atoms with Crippen molar-refractivity contribution in [2.24, 2.45) is 0 Å². The number of amides is 2. The summed E-state index contributed by atoms with van der Waals surface area (Å²) >= 11 is 7.18. The van der Waals surface area contributed by atoms with Crippen molar-refractivity contribution in [3.05, 3.63) is 57.0 Å². The van der Waals surface area contributed by atoms with Crippen LogP contribution >= 0.6 is 22.9 Å². The summed E-state index contributed by atoms with van der Waals surface area (Å²) in [6, 6.07) is 6.89. The molecule has 0 N–H and O–H groups in total. The molecule has 1 aliphatic rings. The standard InChI is InChI=1S/C18H16ClFN2O4S/c19-14-10-12(20)3-4-13(14)18(25)26-11-16(23)21-5-7-22(8-6-21)17(24)15-2-1-9-27-15/h1-4,9-10H,5-8,11H2. The van der Waals surface area contributed by atoms with E-state index in [-0.39, 0.29) is 22.4 Å². The molecule has 0 radical (unpaired) electrons. The van der Waals surface area contributed by atoms with Crippen LogP contribution < -0.4 is 0 Å². The number of ether oxygens (including phenoxy) is 1. The number of thiophene rings is 1. The average molecular weight is 411 g/mol. The van der Waals surface area contributed by atoms with Crippen LogP contribution in [0.1, 0.15) is 20.0 Å². The van der Waals surface area contributed by atoms with E-state index in [0.29, 0.717) is 31.1 Å². The van der Waals surface area contributed by atoms with Crippen LogP contribution in [0.25, 0.3) is 0 Å². The number of halogens is 2. The lowest BCUT2D eigenvalue weighted by atomic mass is 10.2. The molecule has 6 nitrogen and oxygen atoms in total. The zero-order valence-electron chi connectivity index (χ0n) is 14.2. The molecule has 1 aliphatic heterocycles. The second kappa shape index (κ2) is 8.49. The Balaban J connectivity index is 1.48. The molecule has 1 aromatic carbocycles. The van der Waals surface area contributed by atoms with Crippen LogP contribution in [0.5, 0.6) is 0 Å². The highest BCUT2D eigenvalue weighted by Gasteiger charge is 2.26. The van der Waals surface area contributed by atoms with Gasteiger partial charge in [-0.3, -0.25) is 9.59 Å². The average Bonchev–Trinajstić information content (AvgIpc) is 3.20. The topological polar surface area (TPSA) is 66.9 Å². The largest absolute Gasteiger partial charge is 0.452 e. The maximum atomic E-state index is 13.0. The van der Waals surface area contributed by atoms with Gasteiger partial charge in [-0.15, -0.1) is 11.3 Å². The van der Waals surface area contributed by atoms with E-state index in [0.717, 1.165) is 12.1 Å². The van der Waals surface area contributed by atoms with Crippen molar-refractivity contribution >= 4 is 40.7 Å². The van der Waals surface area contributed by atoms with E-state index in [4.69, 9.17) is 16.3 Å². The number of carbonyl (C=O) groups is 3. The minimum Gasteiger partial charge on any atom is -0.452 e. The molecule has 2 aromatic rings. The molecule has 0 bridgehead atoms. The highest BCUT2D eigenvalue weighted by atomic mass is 35.5. The van der Waals surface area contributed by atoms with Crippen molar-refractivity contribution in [2.45, 2.75) is 0 Å². The van der Waals surface area contributed by atoms with Gasteiger partial charge in [0.15, 0.2) is 6.61 Å². The van der Waals surface area contributed by atoms with Gasteiger partial charge in [-0.25, -0.2) is 9.18 Å². The van der Waals surface area contributed by atoms with Gasteiger partial charge in [0.05, 0.1) is 15.5 Å². The number of hydrogen-bond donors (Lipinski definition) is 0. The Morgan fingerprint density at radius 3 is 2.44 bits per heavy atom. The number of esters is 1. The monoisotopic (exact) mass is 410 g/mol. The summed E-state index contributed by atoms with van der Waals surface area (Å²) in [5.74, 6) is -1.76. The fourth-order valence-corrected chi connectivity index (χ4v) is 3.60. The summed E-state index contributed by atoms with van der Waals surface area (Å²) in [5.41, 5.74) is -0.00256. The molecule has 0 saturated carbocycles. The third-order valence-electron chi connectivity index (χ3n) is 4.13. The van der Waals surface area contributed by atoms with Crippen molar-refractivity contribution in [1.82, 2.24) is 9.80 Å². The van der Waals surface area contributed by atoms with Crippen LogP contribution in [0, 0.1) is 5.82 Å². The van der Waals surface area contributed by atoms with Gasteiger partial charge >= 0.3 is 5.97 Å². The van der Waals surface area contributed by atoms with E-state index in [1.807, 2.05) is 11.4 Å². The SMILES string of the molecule is O=C(OCC(=O)N1CCN(C(=O)c2cccs2)CC1)c1ccc(F)cc1Cl. The third-order valence-corrected chi connectivity index (χ3v) is 5.30. The number of carbonyl (C=O) groups excluding carboxylic acids is 3. The smallest absolute Gasteiger partial charge is 0.340 e. The molecule has 0 spiro atoms. The van der Waals surface area contributed by atoms with Gasteiger partial charge in [-0.05, 0) is 29.6 Å². The van der Waals surface area contributed by atoms with E-state index in [1.165, 1.54) is 22.3 Å². The van der Waals surface area contributed by atoms with E-state index >= 15 is 0 Å². The highest BCUT2D eigenvalue weighted by Crippen LogP contribution is 2.18. The van der Waals surface area contributed by atoms with Gasteiger partial charge in [-0.1, -0.05) is 17.7 Å². The number of benzene rings is 1. The van der Waals surface area contributed by atoms with Crippen molar-refractivity contribution in [3.8, 4) is 0 Å². The maximum absolute atomic E-state index is 13.0. The summed E-state index contributed by atoms with van der Waals surface area (Å²) < 4.78 is 18.0. The molecule has 1 aromatic heterocycles. The molecule has 0 unspecified atom stereocenters. The van der Waals surface area contributed by atoms with Gasteiger partial charge < -0.3 is 14.5 Å². The molecule has 2 amide bonds. The second-order valence-electron chi connectivity index (χ2n) is 5.85. The van der Waals surface area contributed by atoms with Crippen molar-refractivity contribution in [3.63, 3.8) is 0 Å². The van der Waals surface area contributed by atoms with E-state index in [1.54, 1.807) is 11.0 Å². The summed E-state index contributed by atoms with van der Waals surface area (Å²) in [4.78, 5) is 40.4. The summed E-state index contributed by atoms with van der Waals surface area (Å²) in [6.07, 6.45) is 0. The molecular formula is C18H16ClFN2O4S. The molecule has 0 atom stereocenters. The summed E-state index contributed by atoms with van der Waals surface area (Å²) in [5, 5.41) is 1.77. The van der Waals surface area contributed by atoms with Crippen LogP contribution in [0.4, 0.5) is 4.39 Å². The molecule has 0 aliphatic carbocycles. The van der Waals surface area contributed by atoms with Crippen molar-refractivity contribution < 1.29 is 23.5 Å². The predicted molar refractivity (Wildman–Crippen MR) is 98.5 cm³/mol. The van der Waals surface area contributed by atoms with Crippen molar-refractivity contribution in [2.75, 3.05) is 32.8 Å². The number of rotatable bonds is 4. The first-order valence-electron chi connectivity index (χ1n) is 8.18. The van der Waals surface area contributed by atoms with Crippen LogP contribution in [-0.2, 0) is 9.53 Å². The minimum atomic E-state index is -0.792. The summed E-state index contributed by atoms with van der Waals surface area (Å²) in [7, 11) is 0. The molecular weight excluding hydrogens is 395 g/mol. The van der Waals surface area contributed by atoms with Crippen LogP contribution in [0.2, 0.25) is 5.02 Å². The van der Waals surface area contributed by atoms with Gasteiger partial charge in [0.25, 0.3) is 11.8 Å². The number of nitrogens with zero attached hydrogens (tertiary/aromatic N) is 2. The Hall–Kier alpha value is -2.45. The summed E-state index contributed by atoms with van der Waals surface area (Å²) in [6.45, 7) is 1.13. The van der Waals surface area contributed by atoms with E-state index in [2.05, 4.69) is 0 Å². The van der Waals surface area contributed by atoms with Gasteiger partial charge in [0, 0.05) is 26.2 Å². The lowest BCUT2D eigenvalue weighted by Gasteiger charge is -2.34. The lowest BCUT2D eigenvalue weighted by molar-refractivity contribution is -0.136. The fourth-order valence-electron chi connectivity index (χ4n) is 2.67. The Labute approximate surface area is 164 Å². The Bertz CT molecular complexity index is 851. The molecule has 27 heavy (non-hydrogen) atoms. The van der Waals surface area contributed by atoms with E-state index < -0.39 is 18.4 Å². The van der Waals surface area contributed by atoms with Crippen LogP contribution in [0.3, 0.4) is 0 Å². The first-order valence-corrected chi connectivity index (χ1v) is 9.44. The molecule has 142 valence electrons. The van der Waals surface area contributed by atoms with Gasteiger partial charge in [0.1, 0.15) is 5.82 Å². The van der Waals surface area contributed by atoms with Gasteiger partial charge in [0.2, 0.25) is 0 Å². The zero-order valence-corrected chi connectivity index (χ0v) is 15.8. The molecule has 1 fully saturated rings. The molecule has 1 saturated heterocycles. The Kier molecular flexibility index (Phi) is 6.08. The number of piperazine rings is 1. The van der Waals surface area contributed by atoms with E-state index in [9.17, 15) is 18.8 Å². The minimum absolute atomic E-state index is 0.00256. The highest BCUT2D eigenvalue weighted by molar-refractivity contribution is 7.12. The van der Waals surface area contributed by atoms with Gasteiger partial charge in [-0.2, -0.15) is 0 Å². The Morgan fingerprint density at radius 1 is 1.11 bits per heavy atom. The molecule has 2 heterocycles. The fraction of sp³-hybridized carbons (Fsp3) is 0.278. The third kappa shape index (κ3) is 4.64. The predicted octanol–water partition coefficient (Wildman–Crippen LogP) is 2.68. The van der Waals surface area contributed by atoms with Crippen molar-refractivity contribution in [1.29, 1.82) is 0 Å². The first kappa shape index (κ1) is 19.3. The normalized spacial score (nSPS) is 14.1.